The molecule has 2 rings (SSSR count). The average molecular weight is 260 g/mol. The van der Waals surface area contributed by atoms with Gasteiger partial charge in [-0.1, -0.05) is 0 Å². The molecule has 0 saturated carbocycles. The largest absolute Gasteiger partial charge is 0.497 e. The number of ketones is 1. The Morgan fingerprint density at radius 3 is 2.00 bits per heavy atom. The first-order valence-corrected chi connectivity index (χ1v) is 5.90. The lowest BCUT2D eigenvalue weighted by molar-refractivity contribution is 0.103. The molecule has 1 aromatic heterocycles. The molecule has 0 atom stereocenters. The first kappa shape index (κ1) is 13.2. The zero-order valence-corrected chi connectivity index (χ0v) is 11.4. The van der Waals surface area contributed by atoms with Gasteiger partial charge in [0.05, 0.1) is 19.8 Å². The molecular weight excluding hydrogens is 244 g/mol. The summed E-state index contributed by atoms with van der Waals surface area (Å²) in [5.74, 6) is 2.40. The van der Waals surface area contributed by atoms with Crippen molar-refractivity contribution in [1.29, 1.82) is 0 Å². The van der Waals surface area contributed by atoms with Crippen molar-refractivity contribution in [2.24, 2.45) is 0 Å². The summed E-state index contributed by atoms with van der Waals surface area (Å²) in [7, 11) is 3.10. The van der Waals surface area contributed by atoms with Gasteiger partial charge in [0.25, 0.3) is 0 Å². The molecule has 0 aliphatic rings. The molecule has 1 heterocycles. The van der Waals surface area contributed by atoms with Crippen molar-refractivity contribution < 1.29 is 18.7 Å². The summed E-state index contributed by atoms with van der Waals surface area (Å²) in [4.78, 5) is 12.4. The lowest BCUT2D eigenvalue weighted by Crippen LogP contribution is -2.02. The summed E-state index contributed by atoms with van der Waals surface area (Å²) >= 11 is 0. The Morgan fingerprint density at radius 1 is 1.00 bits per heavy atom. The van der Waals surface area contributed by atoms with Crippen LogP contribution in [0.2, 0.25) is 0 Å². The number of rotatable bonds is 4. The number of hydrogen-bond donors (Lipinski definition) is 0. The summed E-state index contributed by atoms with van der Waals surface area (Å²) in [6.07, 6.45) is 0. The molecule has 19 heavy (non-hydrogen) atoms. The normalized spacial score (nSPS) is 10.3. The SMILES string of the molecule is COc1cc(OC)cc(C(=O)c2cc(C)oc2C)c1. The number of carbonyl (C=O) groups is 1. The third-order valence-electron chi connectivity index (χ3n) is 2.90. The number of benzene rings is 1. The molecule has 0 amide bonds. The van der Waals surface area contributed by atoms with E-state index in [1.807, 2.05) is 6.92 Å². The van der Waals surface area contributed by atoms with E-state index in [1.54, 1.807) is 45.4 Å². The van der Waals surface area contributed by atoms with E-state index >= 15 is 0 Å². The summed E-state index contributed by atoms with van der Waals surface area (Å²) < 4.78 is 15.7. The second-order valence-corrected chi connectivity index (χ2v) is 4.26. The summed E-state index contributed by atoms with van der Waals surface area (Å²) in [5, 5.41) is 0. The summed E-state index contributed by atoms with van der Waals surface area (Å²) in [6.45, 7) is 3.59. The van der Waals surface area contributed by atoms with Gasteiger partial charge in [-0.05, 0) is 32.0 Å². The molecule has 100 valence electrons. The Morgan fingerprint density at radius 2 is 1.58 bits per heavy atom. The Balaban J connectivity index is 2.46. The molecular formula is C15H16O4. The molecule has 4 heteroatoms. The third kappa shape index (κ3) is 2.62. The second kappa shape index (κ2) is 5.18. The highest BCUT2D eigenvalue weighted by molar-refractivity contribution is 6.10. The Kier molecular flexibility index (Phi) is 3.60. The minimum atomic E-state index is -0.105. The molecule has 0 unspecified atom stereocenters. The minimum Gasteiger partial charge on any atom is -0.497 e. The van der Waals surface area contributed by atoms with Gasteiger partial charge in [0, 0.05) is 11.6 Å². The van der Waals surface area contributed by atoms with Crippen LogP contribution in [0.4, 0.5) is 0 Å². The lowest BCUT2D eigenvalue weighted by atomic mass is 10.0. The molecule has 0 spiro atoms. The van der Waals surface area contributed by atoms with Gasteiger partial charge < -0.3 is 13.9 Å². The average Bonchev–Trinajstić information content (AvgIpc) is 2.76. The Bertz CT molecular complexity index is 588. The fourth-order valence-corrected chi connectivity index (χ4v) is 1.95. The second-order valence-electron chi connectivity index (χ2n) is 4.26. The maximum atomic E-state index is 12.4. The van der Waals surface area contributed by atoms with Crippen LogP contribution in [-0.4, -0.2) is 20.0 Å². The predicted molar refractivity (Wildman–Crippen MR) is 71.2 cm³/mol. The molecule has 0 saturated heterocycles. The van der Waals surface area contributed by atoms with Gasteiger partial charge in [-0.2, -0.15) is 0 Å². The zero-order valence-electron chi connectivity index (χ0n) is 11.4. The summed E-state index contributed by atoms with van der Waals surface area (Å²) in [6, 6.07) is 6.84. The first-order chi connectivity index (χ1) is 9.05. The van der Waals surface area contributed by atoms with E-state index in [0.717, 1.165) is 5.76 Å². The van der Waals surface area contributed by atoms with E-state index in [9.17, 15) is 4.79 Å². The number of carbonyl (C=O) groups excluding carboxylic acids is 1. The molecule has 4 nitrogen and oxygen atoms in total. The van der Waals surface area contributed by atoms with Gasteiger partial charge in [0.15, 0.2) is 5.78 Å². The standard InChI is InChI=1S/C15H16O4/c1-9-5-14(10(2)19-9)15(16)11-6-12(17-3)8-13(7-11)18-4/h5-8H,1-4H3. The van der Waals surface area contributed by atoms with E-state index in [2.05, 4.69) is 0 Å². The van der Waals surface area contributed by atoms with E-state index in [0.29, 0.717) is 28.4 Å². The number of ether oxygens (including phenoxy) is 2. The van der Waals surface area contributed by atoms with Crippen LogP contribution in [-0.2, 0) is 0 Å². The first-order valence-electron chi connectivity index (χ1n) is 5.90. The van der Waals surface area contributed by atoms with Gasteiger partial charge >= 0.3 is 0 Å². The van der Waals surface area contributed by atoms with Crippen LogP contribution >= 0.6 is 0 Å². The fourth-order valence-electron chi connectivity index (χ4n) is 1.95. The Hall–Kier alpha value is -2.23. The van der Waals surface area contributed by atoms with Gasteiger partial charge in [-0.25, -0.2) is 0 Å². The van der Waals surface area contributed by atoms with Crippen molar-refractivity contribution in [3.63, 3.8) is 0 Å². The molecule has 0 bridgehead atoms. The minimum absolute atomic E-state index is 0.105. The van der Waals surface area contributed by atoms with Crippen molar-refractivity contribution in [2.45, 2.75) is 13.8 Å². The van der Waals surface area contributed by atoms with Crippen LogP contribution in [0.5, 0.6) is 11.5 Å². The van der Waals surface area contributed by atoms with E-state index in [4.69, 9.17) is 13.9 Å². The molecule has 1 aromatic carbocycles. The highest BCUT2D eigenvalue weighted by atomic mass is 16.5. The van der Waals surface area contributed by atoms with Crippen molar-refractivity contribution in [2.75, 3.05) is 14.2 Å². The van der Waals surface area contributed by atoms with E-state index in [1.165, 1.54) is 0 Å². The zero-order chi connectivity index (χ0) is 14.0. The van der Waals surface area contributed by atoms with Crippen LogP contribution < -0.4 is 9.47 Å². The highest BCUT2D eigenvalue weighted by Gasteiger charge is 2.17. The van der Waals surface area contributed by atoms with Crippen LogP contribution in [0.15, 0.2) is 28.7 Å². The molecule has 0 N–H and O–H groups in total. The molecule has 0 aliphatic carbocycles. The van der Waals surface area contributed by atoms with Crippen LogP contribution in [0, 0.1) is 13.8 Å². The van der Waals surface area contributed by atoms with Crippen molar-refractivity contribution in [3.05, 3.63) is 46.9 Å². The number of aryl methyl sites for hydroxylation is 2. The van der Waals surface area contributed by atoms with Gasteiger partial charge in [0.2, 0.25) is 0 Å². The molecule has 2 aromatic rings. The maximum Gasteiger partial charge on any atom is 0.196 e. The van der Waals surface area contributed by atoms with E-state index < -0.39 is 0 Å². The molecule has 0 radical (unpaired) electrons. The van der Waals surface area contributed by atoms with Crippen molar-refractivity contribution >= 4 is 5.78 Å². The summed E-state index contributed by atoms with van der Waals surface area (Å²) in [5.41, 5.74) is 1.08. The van der Waals surface area contributed by atoms with Crippen LogP contribution in [0.1, 0.15) is 27.4 Å². The van der Waals surface area contributed by atoms with Gasteiger partial charge in [-0.15, -0.1) is 0 Å². The van der Waals surface area contributed by atoms with Gasteiger partial charge in [-0.3, -0.25) is 4.79 Å². The molecule has 0 fully saturated rings. The van der Waals surface area contributed by atoms with Crippen molar-refractivity contribution in [3.8, 4) is 11.5 Å². The number of hydrogen-bond acceptors (Lipinski definition) is 4. The smallest absolute Gasteiger partial charge is 0.196 e. The van der Waals surface area contributed by atoms with Gasteiger partial charge in [0.1, 0.15) is 23.0 Å². The van der Waals surface area contributed by atoms with E-state index in [-0.39, 0.29) is 5.78 Å². The third-order valence-corrected chi connectivity index (χ3v) is 2.90. The number of furan rings is 1. The Labute approximate surface area is 111 Å². The highest BCUT2D eigenvalue weighted by Crippen LogP contribution is 2.26. The number of methoxy groups -OCH3 is 2. The lowest BCUT2D eigenvalue weighted by Gasteiger charge is -2.07. The fraction of sp³-hybridized carbons (Fsp3) is 0.267. The quantitative estimate of drug-likeness (QED) is 0.792. The van der Waals surface area contributed by atoms with Crippen LogP contribution in [0.25, 0.3) is 0 Å². The maximum absolute atomic E-state index is 12.4. The molecule has 0 aliphatic heterocycles. The van der Waals surface area contributed by atoms with Crippen LogP contribution in [0.3, 0.4) is 0 Å². The van der Waals surface area contributed by atoms with Crippen molar-refractivity contribution in [1.82, 2.24) is 0 Å². The monoisotopic (exact) mass is 260 g/mol. The topological polar surface area (TPSA) is 48.7 Å². The predicted octanol–water partition coefficient (Wildman–Crippen LogP) is 3.14.